The Hall–Kier alpha value is -1.38. The molecule has 0 radical (unpaired) electrons. The normalized spacial score (nSPS) is 13.3. The van der Waals surface area contributed by atoms with Crippen molar-refractivity contribution in [3.63, 3.8) is 0 Å². The molecule has 100 valence electrons. The fourth-order valence-electron chi connectivity index (χ4n) is 1.96. The second kappa shape index (κ2) is 5.32. The Morgan fingerprint density at radius 2 is 1.68 bits per heavy atom. The number of nitrogens with two attached hydrogens (primary N) is 1. The maximum Gasteiger partial charge on any atom is 0.130 e. The minimum atomic E-state index is -1.37. The van der Waals surface area contributed by atoms with Crippen molar-refractivity contribution in [1.82, 2.24) is 0 Å². The van der Waals surface area contributed by atoms with E-state index in [1.165, 1.54) is 0 Å². The summed E-state index contributed by atoms with van der Waals surface area (Å²) < 4.78 is 14.0. The molecule has 0 saturated carbocycles. The predicted molar refractivity (Wildman–Crippen MR) is 78.1 cm³/mol. The van der Waals surface area contributed by atoms with Gasteiger partial charge in [-0.1, -0.05) is 48.0 Å². The molecule has 1 atom stereocenters. The summed E-state index contributed by atoms with van der Waals surface area (Å²) in [5, 5.41) is 0.676. The number of hydrogen-bond acceptors (Lipinski definition) is 1. The zero-order valence-corrected chi connectivity index (χ0v) is 11.8. The summed E-state index contributed by atoms with van der Waals surface area (Å²) in [6.07, 6.45) is 0. The fraction of sp³-hybridized carbons (Fsp3) is 0.250. The fourth-order valence-corrected chi connectivity index (χ4v) is 2.09. The van der Waals surface area contributed by atoms with Crippen LogP contribution in [-0.4, -0.2) is 0 Å². The Kier molecular flexibility index (Phi) is 3.93. The smallest absolute Gasteiger partial charge is 0.130 e. The van der Waals surface area contributed by atoms with Crippen LogP contribution in [0.1, 0.15) is 36.6 Å². The van der Waals surface area contributed by atoms with E-state index in [4.69, 9.17) is 17.3 Å². The standard InChI is InChI=1S/C16H17ClFN/c1-16(2,18)13-5-3-4-12(10-13)15(19)11-6-8-14(17)9-7-11/h3-10,15H,19H2,1-2H3. The molecule has 0 aliphatic carbocycles. The van der Waals surface area contributed by atoms with Crippen LogP contribution in [0, 0.1) is 0 Å². The average molecular weight is 278 g/mol. The lowest BCUT2D eigenvalue weighted by Gasteiger charge is -2.18. The number of rotatable bonds is 3. The first-order valence-corrected chi connectivity index (χ1v) is 6.56. The average Bonchev–Trinajstić information content (AvgIpc) is 2.38. The van der Waals surface area contributed by atoms with Gasteiger partial charge in [0.25, 0.3) is 0 Å². The van der Waals surface area contributed by atoms with Crippen LogP contribution in [0.5, 0.6) is 0 Å². The van der Waals surface area contributed by atoms with Crippen LogP contribution in [0.15, 0.2) is 48.5 Å². The number of halogens is 2. The van der Waals surface area contributed by atoms with Crippen molar-refractivity contribution in [3.8, 4) is 0 Å². The molecule has 0 spiro atoms. The minimum absolute atomic E-state index is 0.278. The van der Waals surface area contributed by atoms with Crippen molar-refractivity contribution < 1.29 is 4.39 Å². The van der Waals surface area contributed by atoms with Crippen molar-refractivity contribution >= 4 is 11.6 Å². The van der Waals surface area contributed by atoms with Gasteiger partial charge in [0.05, 0.1) is 6.04 Å². The molecule has 0 aliphatic heterocycles. The first-order valence-electron chi connectivity index (χ1n) is 6.18. The first-order chi connectivity index (χ1) is 8.88. The minimum Gasteiger partial charge on any atom is -0.320 e. The molecule has 19 heavy (non-hydrogen) atoms. The third-order valence-electron chi connectivity index (χ3n) is 3.16. The SMILES string of the molecule is CC(C)(F)c1cccc(C(N)c2ccc(Cl)cc2)c1. The quantitative estimate of drug-likeness (QED) is 0.872. The highest BCUT2D eigenvalue weighted by Crippen LogP contribution is 2.28. The summed E-state index contributed by atoms with van der Waals surface area (Å²) in [4.78, 5) is 0. The van der Waals surface area contributed by atoms with E-state index >= 15 is 0 Å². The van der Waals surface area contributed by atoms with Crippen LogP contribution in [0.4, 0.5) is 4.39 Å². The van der Waals surface area contributed by atoms with E-state index in [0.717, 1.165) is 11.1 Å². The predicted octanol–water partition coefficient (Wildman–Crippen LogP) is 4.59. The molecule has 0 amide bonds. The van der Waals surface area contributed by atoms with Crippen LogP contribution in [-0.2, 0) is 5.67 Å². The Morgan fingerprint density at radius 1 is 1.05 bits per heavy atom. The van der Waals surface area contributed by atoms with Gasteiger partial charge >= 0.3 is 0 Å². The van der Waals surface area contributed by atoms with E-state index in [-0.39, 0.29) is 6.04 Å². The molecule has 0 aromatic heterocycles. The van der Waals surface area contributed by atoms with Crippen LogP contribution < -0.4 is 5.73 Å². The van der Waals surface area contributed by atoms with E-state index in [9.17, 15) is 4.39 Å². The van der Waals surface area contributed by atoms with Crippen molar-refractivity contribution in [2.24, 2.45) is 5.73 Å². The second-order valence-corrected chi connectivity index (χ2v) is 5.56. The molecule has 1 unspecified atom stereocenters. The van der Waals surface area contributed by atoms with Crippen molar-refractivity contribution in [2.45, 2.75) is 25.6 Å². The second-order valence-electron chi connectivity index (χ2n) is 5.13. The summed E-state index contributed by atoms with van der Waals surface area (Å²) in [5.74, 6) is 0. The molecule has 0 heterocycles. The Morgan fingerprint density at radius 3 is 2.26 bits per heavy atom. The Balaban J connectivity index is 2.34. The van der Waals surface area contributed by atoms with Crippen molar-refractivity contribution in [3.05, 3.63) is 70.2 Å². The molecule has 0 fully saturated rings. The number of hydrogen-bond donors (Lipinski definition) is 1. The largest absolute Gasteiger partial charge is 0.320 e. The van der Waals surface area contributed by atoms with Crippen LogP contribution in [0.3, 0.4) is 0 Å². The van der Waals surface area contributed by atoms with Gasteiger partial charge in [0.1, 0.15) is 5.67 Å². The van der Waals surface area contributed by atoms with Gasteiger partial charge in [-0.2, -0.15) is 0 Å². The maximum absolute atomic E-state index is 14.0. The zero-order chi connectivity index (χ0) is 14.0. The summed E-state index contributed by atoms with van der Waals surface area (Å²) in [6, 6.07) is 14.5. The van der Waals surface area contributed by atoms with Gasteiger partial charge in [0, 0.05) is 5.02 Å². The molecule has 3 heteroatoms. The first kappa shape index (κ1) is 14.0. The third kappa shape index (κ3) is 3.34. The van der Waals surface area contributed by atoms with Gasteiger partial charge in [0.15, 0.2) is 0 Å². The molecular weight excluding hydrogens is 261 g/mol. The Bertz CT molecular complexity index is 558. The molecule has 0 aliphatic rings. The molecule has 1 nitrogen and oxygen atoms in total. The zero-order valence-electron chi connectivity index (χ0n) is 11.0. The van der Waals surface area contributed by atoms with Gasteiger partial charge in [-0.15, -0.1) is 0 Å². The molecule has 0 saturated heterocycles. The molecule has 0 bridgehead atoms. The monoisotopic (exact) mass is 277 g/mol. The van der Waals surface area contributed by atoms with Gasteiger partial charge in [-0.25, -0.2) is 4.39 Å². The highest BCUT2D eigenvalue weighted by Gasteiger charge is 2.20. The lowest BCUT2D eigenvalue weighted by molar-refractivity contribution is 0.221. The van der Waals surface area contributed by atoms with E-state index in [1.54, 1.807) is 32.0 Å². The van der Waals surface area contributed by atoms with Crippen LogP contribution in [0.2, 0.25) is 5.02 Å². The van der Waals surface area contributed by atoms with Crippen LogP contribution >= 0.6 is 11.6 Å². The van der Waals surface area contributed by atoms with Gasteiger partial charge in [-0.05, 0) is 42.7 Å². The summed E-state index contributed by atoms with van der Waals surface area (Å²) >= 11 is 5.86. The third-order valence-corrected chi connectivity index (χ3v) is 3.41. The van der Waals surface area contributed by atoms with Crippen molar-refractivity contribution in [1.29, 1.82) is 0 Å². The lowest BCUT2D eigenvalue weighted by atomic mass is 9.93. The molecule has 2 aromatic carbocycles. The molecule has 2 N–H and O–H groups in total. The highest BCUT2D eigenvalue weighted by atomic mass is 35.5. The van der Waals surface area contributed by atoms with Crippen molar-refractivity contribution in [2.75, 3.05) is 0 Å². The van der Waals surface area contributed by atoms with E-state index in [2.05, 4.69) is 0 Å². The van der Waals surface area contributed by atoms with E-state index in [0.29, 0.717) is 10.6 Å². The summed E-state index contributed by atoms with van der Waals surface area (Å²) in [6.45, 7) is 3.08. The summed E-state index contributed by atoms with van der Waals surface area (Å²) in [5.41, 5.74) is 7.33. The van der Waals surface area contributed by atoms with Gasteiger partial charge in [-0.3, -0.25) is 0 Å². The van der Waals surface area contributed by atoms with E-state index in [1.807, 2.05) is 30.3 Å². The van der Waals surface area contributed by atoms with Gasteiger partial charge < -0.3 is 5.73 Å². The van der Waals surface area contributed by atoms with Gasteiger partial charge in [0.2, 0.25) is 0 Å². The number of alkyl halides is 1. The molecule has 2 rings (SSSR count). The Labute approximate surface area is 118 Å². The lowest BCUT2D eigenvalue weighted by Crippen LogP contribution is -2.14. The van der Waals surface area contributed by atoms with E-state index < -0.39 is 5.67 Å². The highest BCUT2D eigenvalue weighted by molar-refractivity contribution is 6.30. The number of benzene rings is 2. The topological polar surface area (TPSA) is 26.0 Å². The van der Waals surface area contributed by atoms with Crippen LogP contribution in [0.25, 0.3) is 0 Å². The maximum atomic E-state index is 14.0. The molecule has 2 aromatic rings. The molecular formula is C16H17ClFN. The summed E-state index contributed by atoms with van der Waals surface area (Å²) in [7, 11) is 0.